The lowest BCUT2D eigenvalue weighted by Crippen LogP contribution is -2.32. The van der Waals surface area contributed by atoms with Crippen LogP contribution < -0.4 is 10.0 Å². The van der Waals surface area contributed by atoms with Gasteiger partial charge < -0.3 is 9.88 Å². The second-order valence-corrected chi connectivity index (χ2v) is 8.69. The Hall–Kier alpha value is -1.84. The van der Waals surface area contributed by atoms with Gasteiger partial charge in [-0.15, -0.1) is 11.8 Å². The van der Waals surface area contributed by atoms with Crippen molar-refractivity contribution in [1.29, 1.82) is 0 Å². The molecule has 0 saturated heterocycles. The molecule has 1 atom stereocenters. The molecule has 0 saturated carbocycles. The van der Waals surface area contributed by atoms with Crippen molar-refractivity contribution in [3.8, 4) is 0 Å². The van der Waals surface area contributed by atoms with Gasteiger partial charge in [0.25, 0.3) is 5.91 Å². The highest BCUT2D eigenvalue weighted by atomic mass is 32.2. The van der Waals surface area contributed by atoms with Crippen molar-refractivity contribution in [2.45, 2.75) is 22.3 Å². The Morgan fingerprint density at radius 1 is 1.40 bits per heavy atom. The number of benzene rings is 1. The first kappa shape index (κ1) is 18.0. The molecule has 3 rings (SSSR count). The smallest absolute Gasteiger partial charge is 0.268 e. The Bertz CT molecular complexity index is 925. The number of fused-ring (bicyclic) bond motifs is 1. The van der Waals surface area contributed by atoms with Crippen LogP contribution in [0, 0.1) is 5.82 Å². The van der Waals surface area contributed by atoms with E-state index in [0.717, 1.165) is 5.56 Å². The molecule has 2 aromatic rings. The molecule has 1 amide bonds. The monoisotopic (exact) mass is 383 g/mol. The van der Waals surface area contributed by atoms with Gasteiger partial charge in [-0.25, -0.2) is 17.5 Å². The molecule has 25 heavy (non-hydrogen) atoms. The van der Waals surface area contributed by atoms with Crippen molar-refractivity contribution < 1.29 is 17.6 Å². The van der Waals surface area contributed by atoms with Crippen LogP contribution in [-0.2, 0) is 17.1 Å². The summed E-state index contributed by atoms with van der Waals surface area (Å²) in [5.41, 5.74) is 0.979. The van der Waals surface area contributed by atoms with Crippen LogP contribution in [0.4, 0.5) is 4.39 Å². The number of carbonyl (C=O) groups is 1. The molecule has 6 nitrogen and oxygen atoms in total. The molecule has 0 spiro atoms. The third kappa shape index (κ3) is 3.44. The number of halogens is 1. The topological polar surface area (TPSA) is 80.2 Å². The normalized spacial score (nSPS) is 17.2. The van der Waals surface area contributed by atoms with Gasteiger partial charge >= 0.3 is 0 Å². The summed E-state index contributed by atoms with van der Waals surface area (Å²) in [4.78, 5) is 13.2. The van der Waals surface area contributed by atoms with Crippen molar-refractivity contribution in [3.63, 3.8) is 0 Å². The number of nitrogens with one attached hydrogen (secondary N) is 2. The van der Waals surface area contributed by atoms with E-state index in [0.29, 0.717) is 17.1 Å². The molecule has 134 valence electrons. The lowest BCUT2D eigenvalue weighted by molar-refractivity contribution is 0.0926. The highest BCUT2D eigenvalue weighted by Gasteiger charge is 2.26. The van der Waals surface area contributed by atoms with E-state index in [9.17, 15) is 17.6 Å². The van der Waals surface area contributed by atoms with Crippen LogP contribution in [0.3, 0.4) is 0 Å². The summed E-state index contributed by atoms with van der Waals surface area (Å²) in [5.74, 6) is 0.0145. The zero-order valence-corrected chi connectivity index (χ0v) is 15.4. The first-order valence-electron chi connectivity index (χ1n) is 7.65. The third-order valence-electron chi connectivity index (χ3n) is 4.12. The molecular formula is C16H18FN3O3S2. The van der Waals surface area contributed by atoms with Crippen LogP contribution in [0.25, 0.3) is 0 Å². The molecule has 1 aliphatic rings. The third-order valence-corrected chi connectivity index (χ3v) is 6.66. The number of aryl methyl sites for hydroxylation is 1. The van der Waals surface area contributed by atoms with Gasteiger partial charge in [0, 0.05) is 23.9 Å². The van der Waals surface area contributed by atoms with E-state index in [-0.39, 0.29) is 22.4 Å². The summed E-state index contributed by atoms with van der Waals surface area (Å²) in [5, 5.41) is 2.89. The van der Waals surface area contributed by atoms with Gasteiger partial charge in [0.15, 0.2) is 0 Å². The molecule has 1 aliphatic heterocycles. The second kappa shape index (κ2) is 6.81. The number of nitrogens with zero attached hydrogens (tertiary/aromatic N) is 1. The highest BCUT2D eigenvalue weighted by Crippen LogP contribution is 2.37. The second-order valence-electron chi connectivity index (χ2n) is 5.70. The van der Waals surface area contributed by atoms with Gasteiger partial charge in [0.05, 0.1) is 6.04 Å². The lowest BCUT2D eigenvalue weighted by Gasteiger charge is -2.26. The van der Waals surface area contributed by atoms with E-state index in [4.69, 9.17) is 0 Å². The number of carbonyl (C=O) groups excluding carboxylic acids is 1. The van der Waals surface area contributed by atoms with E-state index < -0.39 is 15.9 Å². The standard InChI is InChI=1S/C16H18FN3O3S2/c1-18-25(22,23)10-8-14(20(2)9-10)16(21)19-13-6-7-24-15-11(13)4-3-5-12(15)17/h3-5,8-9,13,18H,6-7H2,1-2H3,(H,19,21). The molecule has 0 bridgehead atoms. The Kier molecular flexibility index (Phi) is 4.90. The quantitative estimate of drug-likeness (QED) is 0.847. The highest BCUT2D eigenvalue weighted by molar-refractivity contribution is 7.99. The molecule has 1 aromatic carbocycles. The van der Waals surface area contributed by atoms with Crippen molar-refractivity contribution in [2.75, 3.05) is 12.8 Å². The minimum atomic E-state index is -3.62. The van der Waals surface area contributed by atoms with Gasteiger partial charge in [-0.1, -0.05) is 12.1 Å². The van der Waals surface area contributed by atoms with Crippen LogP contribution in [0.5, 0.6) is 0 Å². The maximum Gasteiger partial charge on any atom is 0.268 e. The molecule has 2 N–H and O–H groups in total. The van der Waals surface area contributed by atoms with Gasteiger partial charge in [0.2, 0.25) is 10.0 Å². The average molecular weight is 383 g/mol. The Morgan fingerprint density at radius 3 is 2.88 bits per heavy atom. The molecule has 0 radical (unpaired) electrons. The number of amides is 1. The summed E-state index contributed by atoms with van der Waals surface area (Å²) in [6.07, 6.45) is 2.06. The fourth-order valence-corrected chi connectivity index (χ4v) is 4.73. The number of hydrogen-bond acceptors (Lipinski definition) is 4. The predicted molar refractivity (Wildman–Crippen MR) is 93.6 cm³/mol. The minimum Gasteiger partial charge on any atom is -0.345 e. The summed E-state index contributed by atoms with van der Waals surface area (Å²) < 4.78 is 41.4. The molecule has 0 aliphatic carbocycles. The van der Waals surface area contributed by atoms with Crippen molar-refractivity contribution in [1.82, 2.24) is 14.6 Å². The van der Waals surface area contributed by atoms with Gasteiger partial charge in [0.1, 0.15) is 16.4 Å². The number of rotatable bonds is 4. The van der Waals surface area contributed by atoms with E-state index in [1.807, 2.05) is 0 Å². The SMILES string of the molecule is CNS(=O)(=O)c1cc(C(=O)NC2CCSc3c(F)cccc32)n(C)c1. The largest absolute Gasteiger partial charge is 0.345 e. The van der Waals surface area contributed by atoms with Gasteiger partial charge in [-0.2, -0.15) is 0 Å². The Morgan fingerprint density at radius 2 is 2.16 bits per heavy atom. The van der Waals surface area contributed by atoms with Crippen molar-refractivity contribution >= 4 is 27.7 Å². The summed E-state index contributed by atoms with van der Waals surface area (Å²) in [7, 11) is -0.707. The predicted octanol–water partition coefficient (Wildman–Crippen LogP) is 2.04. The molecule has 9 heteroatoms. The summed E-state index contributed by atoms with van der Waals surface area (Å²) in [6.45, 7) is 0. The fraction of sp³-hybridized carbons (Fsp3) is 0.312. The summed E-state index contributed by atoms with van der Waals surface area (Å²) >= 11 is 1.44. The summed E-state index contributed by atoms with van der Waals surface area (Å²) in [6, 6.07) is 5.85. The van der Waals surface area contributed by atoms with E-state index in [1.165, 1.54) is 41.7 Å². The number of aromatic nitrogens is 1. The van der Waals surface area contributed by atoms with Crippen LogP contribution in [-0.4, -0.2) is 31.7 Å². The van der Waals surface area contributed by atoms with Crippen LogP contribution in [0.2, 0.25) is 0 Å². The van der Waals surface area contributed by atoms with Crippen molar-refractivity contribution in [2.24, 2.45) is 7.05 Å². The van der Waals surface area contributed by atoms with Crippen LogP contribution in [0.15, 0.2) is 40.3 Å². The zero-order chi connectivity index (χ0) is 18.2. The van der Waals surface area contributed by atoms with Crippen molar-refractivity contribution in [3.05, 3.63) is 47.5 Å². The molecule has 1 aromatic heterocycles. The maximum atomic E-state index is 13.9. The molecule has 1 unspecified atom stereocenters. The number of hydrogen-bond donors (Lipinski definition) is 2. The number of thioether (sulfide) groups is 1. The molecule has 0 fully saturated rings. The van der Waals surface area contributed by atoms with E-state index in [2.05, 4.69) is 10.0 Å². The Balaban J connectivity index is 1.86. The first-order chi connectivity index (χ1) is 11.8. The first-order valence-corrected chi connectivity index (χ1v) is 10.1. The maximum absolute atomic E-state index is 13.9. The minimum absolute atomic E-state index is 0.0216. The molecule has 2 heterocycles. The fourth-order valence-electron chi connectivity index (χ4n) is 2.79. The van der Waals surface area contributed by atoms with E-state index in [1.54, 1.807) is 19.2 Å². The zero-order valence-electron chi connectivity index (χ0n) is 13.7. The van der Waals surface area contributed by atoms with Crippen LogP contribution >= 0.6 is 11.8 Å². The van der Waals surface area contributed by atoms with Gasteiger partial charge in [-0.3, -0.25) is 4.79 Å². The van der Waals surface area contributed by atoms with E-state index >= 15 is 0 Å². The lowest BCUT2D eigenvalue weighted by atomic mass is 10.0. The van der Waals surface area contributed by atoms with Crippen LogP contribution in [0.1, 0.15) is 28.5 Å². The Labute approximate surface area is 149 Å². The molecular weight excluding hydrogens is 365 g/mol. The average Bonchev–Trinajstić information content (AvgIpc) is 2.98. The van der Waals surface area contributed by atoms with Gasteiger partial charge in [-0.05, 0) is 31.2 Å². The number of sulfonamides is 1.